The minimum absolute atomic E-state index is 0.0126. The summed E-state index contributed by atoms with van der Waals surface area (Å²) in [5, 5.41) is 16.2. The molecule has 2 aliphatic carbocycles. The van der Waals surface area contributed by atoms with Gasteiger partial charge in [0.2, 0.25) is 0 Å². The van der Waals surface area contributed by atoms with Crippen molar-refractivity contribution in [3.63, 3.8) is 0 Å². The second-order valence-electron chi connectivity index (χ2n) is 13.0. The third-order valence-corrected chi connectivity index (χ3v) is 8.91. The molecule has 13 heteroatoms. The molecule has 0 aromatic carbocycles. The van der Waals surface area contributed by atoms with Crippen LogP contribution in [-0.2, 0) is 9.47 Å². The number of carbonyl (C=O) groups excluding carboxylic acids is 1. The Hall–Kier alpha value is -3.86. The number of carbonyl (C=O) groups is 1. The quantitative estimate of drug-likeness (QED) is 0.480. The number of nitrogens with zero attached hydrogens (tertiary/aromatic N) is 5. The Labute approximate surface area is 258 Å². The maximum Gasteiger partial charge on any atom is 0.412 e. The molecule has 3 unspecified atom stereocenters. The lowest BCUT2D eigenvalue weighted by Crippen LogP contribution is -2.43. The van der Waals surface area contributed by atoms with Gasteiger partial charge in [0.05, 0.1) is 35.4 Å². The zero-order chi connectivity index (χ0) is 31.5. The number of halogens is 2. The number of hydrogen-bond donors (Lipinski definition) is 2. The van der Waals surface area contributed by atoms with Crippen molar-refractivity contribution < 1.29 is 23.0 Å². The number of anilines is 1. The third-order valence-electron chi connectivity index (χ3n) is 7.80. The zero-order valence-corrected chi connectivity index (χ0v) is 26.4. The molecule has 7 rings (SSSR count). The summed E-state index contributed by atoms with van der Waals surface area (Å²) in [7, 11) is 6.00. The van der Waals surface area contributed by atoms with E-state index in [9.17, 15) is 10.1 Å². The molecule has 5 aliphatic rings. The van der Waals surface area contributed by atoms with Gasteiger partial charge in [-0.15, -0.1) is 11.3 Å². The molecule has 44 heavy (non-hydrogen) atoms. The molecule has 0 radical (unpaired) electrons. The molecule has 2 fully saturated rings. The highest BCUT2D eigenvalue weighted by atomic mass is 32.1. The van der Waals surface area contributed by atoms with E-state index in [1.165, 1.54) is 6.42 Å². The highest BCUT2D eigenvalue weighted by Crippen LogP contribution is 2.49. The lowest BCUT2D eigenvalue weighted by Gasteiger charge is -2.32. The molecule has 0 spiro atoms. The summed E-state index contributed by atoms with van der Waals surface area (Å²) in [5.74, 6) is 0.779. The number of ether oxygens (including phenoxy) is 2. The average Bonchev–Trinajstić information content (AvgIpc) is 3.29. The highest BCUT2D eigenvalue weighted by Gasteiger charge is 2.47. The molecule has 0 bridgehead atoms. The van der Waals surface area contributed by atoms with Gasteiger partial charge in [0.25, 0.3) is 0 Å². The predicted octanol–water partition coefficient (Wildman–Crippen LogP) is 5.02. The summed E-state index contributed by atoms with van der Waals surface area (Å²) >= 11 is 0.881. The topological polar surface area (TPSA) is 115 Å². The first-order chi connectivity index (χ1) is 20.9. The number of piperidine rings is 1. The fourth-order valence-corrected chi connectivity index (χ4v) is 6.98. The summed E-state index contributed by atoms with van der Waals surface area (Å²) in [6, 6.07) is 1.15. The van der Waals surface area contributed by atoms with Crippen LogP contribution in [0.2, 0.25) is 0 Å². The van der Waals surface area contributed by atoms with Crippen molar-refractivity contribution in [1.29, 1.82) is 5.26 Å². The van der Waals surface area contributed by atoms with Gasteiger partial charge in [-0.25, -0.2) is 18.6 Å². The number of guanidine groups is 1. The van der Waals surface area contributed by atoms with Crippen molar-refractivity contribution in [2.24, 2.45) is 16.8 Å². The number of amides is 1. The van der Waals surface area contributed by atoms with E-state index in [1.807, 2.05) is 26.0 Å². The number of thiophene rings is 1. The molecule has 3 atom stereocenters. The minimum atomic E-state index is -0.908. The van der Waals surface area contributed by atoms with Crippen LogP contribution >= 0.6 is 11.3 Å². The molecule has 232 valence electrons. The van der Waals surface area contributed by atoms with Crippen LogP contribution in [0.15, 0.2) is 39.9 Å². The lowest BCUT2D eigenvalue weighted by molar-refractivity contribution is 0.0636. The van der Waals surface area contributed by atoms with E-state index in [-0.39, 0.29) is 45.1 Å². The number of aliphatic imine (C=N–C) groups is 1. The molecule has 1 saturated heterocycles. The van der Waals surface area contributed by atoms with Crippen molar-refractivity contribution in [2.75, 3.05) is 52.8 Å². The molecular weight excluding hydrogens is 588 g/mol. The smallest absolute Gasteiger partial charge is 0.412 e. The van der Waals surface area contributed by atoms with E-state index in [0.29, 0.717) is 28.9 Å². The Balaban J connectivity index is 0.000000810. The van der Waals surface area contributed by atoms with Gasteiger partial charge in [0.15, 0.2) is 11.8 Å². The van der Waals surface area contributed by atoms with Crippen LogP contribution < -0.4 is 10.6 Å². The zero-order valence-electron chi connectivity index (χ0n) is 25.5. The molecule has 1 saturated carbocycles. The molecule has 2 N–H and O–H groups in total. The Morgan fingerprint density at radius 1 is 1.23 bits per heavy atom. The highest BCUT2D eigenvalue weighted by molar-refractivity contribution is 7.23. The fourth-order valence-electron chi connectivity index (χ4n) is 5.94. The van der Waals surface area contributed by atoms with Crippen LogP contribution in [0.3, 0.4) is 0 Å². The standard InChI is InChI=1S/C28H26F2N6O3S.C3H9N/c1-28(2,3)39-27(37)35-25-14(5-31)20-23(32-7-18(29)24(20)40-25)19-17-11-38-10-16(17)15-6-33-26(34-22(15)21(19)30)36-8-12-4-13(12)9-36;1-4(2)3/h6-7,12-13,22H,4,8-11H2,1-3H3,(H,33,34)(H,35,37);1-3H3. The number of fused-ring (bicyclic) bond motifs is 4. The number of rotatable bonds is 2. The van der Waals surface area contributed by atoms with Gasteiger partial charge in [-0.2, -0.15) is 5.26 Å². The Kier molecular flexibility index (Phi) is 7.72. The second-order valence-corrected chi connectivity index (χ2v) is 14.0. The summed E-state index contributed by atoms with van der Waals surface area (Å²) in [5.41, 5.74) is 1.59. The average molecular weight is 624 g/mol. The van der Waals surface area contributed by atoms with Gasteiger partial charge in [-0.1, -0.05) is 0 Å². The van der Waals surface area contributed by atoms with Gasteiger partial charge >= 0.3 is 6.09 Å². The number of nitrogens with one attached hydrogen (secondary N) is 2. The van der Waals surface area contributed by atoms with Crippen molar-refractivity contribution in [2.45, 2.75) is 38.8 Å². The predicted molar refractivity (Wildman–Crippen MR) is 165 cm³/mol. The van der Waals surface area contributed by atoms with E-state index in [1.54, 1.807) is 27.0 Å². The Morgan fingerprint density at radius 3 is 2.57 bits per heavy atom. The maximum atomic E-state index is 16.6. The van der Waals surface area contributed by atoms with Crippen LogP contribution in [-0.4, -0.2) is 85.9 Å². The van der Waals surface area contributed by atoms with Gasteiger partial charge < -0.3 is 24.6 Å². The van der Waals surface area contributed by atoms with Gasteiger partial charge in [0, 0.05) is 35.8 Å². The minimum Gasteiger partial charge on any atom is -0.444 e. The second kappa shape index (κ2) is 11.3. The Bertz CT molecular complexity index is 1700. The number of likely N-dealkylation sites (tertiary alicyclic amines) is 1. The van der Waals surface area contributed by atoms with Crippen LogP contribution in [0.4, 0.5) is 18.6 Å². The fraction of sp³-hybridized carbons (Fsp3) is 0.484. The first-order valence-corrected chi connectivity index (χ1v) is 15.3. The van der Waals surface area contributed by atoms with E-state index in [4.69, 9.17) is 14.5 Å². The van der Waals surface area contributed by atoms with Crippen LogP contribution in [0, 0.1) is 29.0 Å². The van der Waals surface area contributed by atoms with E-state index >= 15 is 8.78 Å². The van der Waals surface area contributed by atoms with Crippen molar-refractivity contribution in [3.05, 3.63) is 52.0 Å². The lowest BCUT2D eigenvalue weighted by atomic mass is 9.82. The van der Waals surface area contributed by atoms with Crippen molar-refractivity contribution >= 4 is 44.0 Å². The maximum absolute atomic E-state index is 16.6. The SMILES string of the molecule is CC(C)(C)OC(=O)Nc1sc2c(F)cnc(C3=C(F)C4N=C(N5CC6CC6C5)NC=C4C4=C3COC4)c2c1C#N.CN(C)C. The molecule has 2 aromatic heterocycles. The largest absolute Gasteiger partial charge is 0.444 e. The summed E-state index contributed by atoms with van der Waals surface area (Å²) in [6.45, 7) is 7.35. The van der Waals surface area contributed by atoms with Crippen molar-refractivity contribution in [3.8, 4) is 6.07 Å². The van der Waals surface area contributed by atoms with Crippen LogP contribution in [0.1, 0.15) is 38.4 Å². The Morgan fingerprint density at radius 2 is 1.91 bits per heavy atom. The van der Waals surface area contributed by atoms with E-state index in [0.717, 1.165) is 36.2 Å². The van der Waals surface area contributed by atoms with Crippen molar-refractivity contribution in [1.82, 2.24) is 20.1 Å². The van der Waals surface area contributed by atoms with Gasteiger partial charge in [0.1, 0.15) is 28.5 Å². The molecule has 10 nitrogen and oxygen atoms in total. The molecule has 5 heterocycles. The van der Waals surface area contributed by atoms with E-state index in [2.05, 4.69) is 26.6 Å². The number of hydrogen-bond acceptors (Lipinski definition) is 10. The summed E-state index contributed by atoms with van der Waals surface area (Å²) in [4.78, 5) is 25.7. The normalized spacial score (nSPS) is 23.6. The molecule has 2 aromatic rings. The molecule has 1 amide bonds. The number of nitriles is 1. The van der Waals surface area contributed by atoms with Gasteiger partial charge in [-0.05, 0) is 71.3 Å². The third kappa shape index (κ3) is 5.58. The van der Waals surface area contributed by atoms with Crippen LogP contribution in [0.25, 0.3) is 15.7 Å². The summed E-state index contributed by atoms with van der Waals surface area (Å²) in [6.07, 6.45) is 3.27. The van der Waals surface area contributed by atoms with Crippen LogP contribution in [0.5, 0.6) is 0 Å². The number of pyridine rings is 1. The molecule has 3 aliphatic heterocycles. The van der Waals surface area contributed by atoms with Gasteiger partial charge in [-0.3, -0.25) is 10.3 Å². The molecular formula is C31H35F2N7O3S. The van der Waals surface area contributed by atoms with E-state index < -0.39 is 29.4 Å². The number of aromatic nitrogens is 1. The summed E-state index contributed by atoms with van der Waals surface area (Å²) < 4.78 is 42.8. The first kappa shape index (κ1) is 30.2. The monoisotopic (exact) mass is 623 g/mol. The first-order valence-electron chi connectivity index (χ1n) is 14.5.